The molecule has 204 valence electrons. The molecule has 6 aromatic rings. The maximum absolute atomic E-state index is 8.80. The standard InChI is InChI=1S/C38H27N5/c39-33(26-13-5-1-6-14-26)25-35-32-22-21-30(23-31(32)24-34(40-35)27-15-7-2-8-16-27)38-42-36(28-17-9-3-10-18-28)41-37(43-38)29-19-11-4-12-20-29/h1-25,39-40H/b35-25-,39-33?. The number of allylic oxidation sites excluding steroid dienone is 1. The summed E-state index contributed by atoms with van der Waals surface area (Å²) < 4.78 is 0. The summed E-state index contributed by atoms with van der Waals surface area (Å²) in [5.74, 6) is 1.86. The molecule has 0 unspecified atom stereocenters. The monoisotopic (exact) mass is 553 g/mol. The van der Waals surface area contributed by atoms with Crippen LogP contribution in [0, 0.1) is 5.41 Å². The molecule has 0 atom stereocenters. The van der Waals surface area contributed by atoms with E-state index in [-0.39, 0.29) is 0 Å². The van der Waals surface area contributed by atoms with E-state index in [4.69, 9.17) is 20.4 Å². The molecule has 0 aliphatic carbocycles. The van der Waals surface area contributed by atoms with Gasteiger partial charge < -0.3 is 10.7 Å². The van der Waals surface area contributed by atoms with Gasteiger partial charge in [0.15, 0.2) is 17.5 Å². The Labute approximate surface area is 250 Å². The maximum Gasteiger partial charge on any atom is 0.164 e. The molecule has 2 heterocycles. The minimum atomic E-state index is 0.435. The molecular formula is C38H27N5. The minimum absolute atomic E-state index is 0.435. The van der Waals surface area contributed by atoms with E-state index in [1.54, 1.807) is 0 Å². The Balaban J connectivity index is 1.37. The molecule has 1 aromatic heterocycles. The van der Waals surface area contributed by atoms with Crippen molar-refractivity contribution in [3.05, 3.63) is 168 Å². The fourth-order valence-electron chi connectivity index (χ4n) is 5.14. The van der Waals surface area contributed by atoms with Crippen LogP contribution in [0.5, 0.6) is 0 Å². The minimum Gasteiger partial charge on any atom is -0.354 e. The number of hydrogen-bond acceptors (Lipinski definition) is 5. The van der Waals surface area contributed by atoms with Crippen LogP contribution in [0.3, 0.4) is 0 Å². The van der Waals surface area contributed by atoms with Crippen molar-refractivity contribution in [3.8, 4) is 34.2 Å². The fourth-order valence-corrected chi connectivity index (χ4v) is 5.14. The molecule has 0 saturated carbocycles. The highest BCUT2D eigenvalue weighted by Gasteiger charge is 2.19. The van der Waals surface area contributed by atoms with E-state index in [1.165, 1.54) is 0 Å². The van der Waals surface area contributed by atoms with E-state index in [0.29, 0.717) is 23.2 Å². The van der Waals surface area contributed by atoms with Crippen LogP contribution in [-0.4, -0.2) is 20.7 Å². The van der Waals surface area contributed by atoms with E-state index in [9.17, 15) is 0 Å². The first kappa shape index (κ1) is 26.0. The zero-order valence-electron chi connectivity index (χ0n) is 23.3. The molecule has 1 aliphatic heterocycles. The van der Waals surface area contributed by atoms with Crippen molar-refractivity contribution in [2.24, 2.45) is 0 Å². The maximum atomic E-state index is 8.80. The summed E-state index contributed by atoms with van der Waals surface area (Å²) in [6.07, 6.45) is 4.04. The van der Waals surface area contributed by atoms with E-state index in [1.807, 2.05) is 121 Å². The van der Waals surface area contributed by atoms with Crippen molar-refractivity contribution in [1.82, 2.24) is 20.3 Å². The zero-order chi connectivity index (χ0) is 29.0. The smallest absolute Gasteiger partial charge is 0.164 e. The summed E-state index contributed by atoms with van der Waals surface area (Å²) in [6.45, 7) is 0. The van der Waals surface area contributed by atoms with Gasteiger partial charge in [-0.05, 0) is 34.9 Å². The lowest BCUT2D eigenvalue weighted by atomic mass is 9.94. The molecule has 5 heteroatoms. The summed E-state index contributed by atoms with van der Waals surface area (Å²) in [6, 6.07) is 46.2. The summed E-state index contributed by atoms with van der Waals surface area (Å²) in [5.41, 5.74) is 8.96. The Morgan fingerprint density at radius 1 is 0.535 bits per heavy atom. The summed E-state index contributed by atoms with van der Waals surface area (Å²) in [7, 11) is 0. The predicted molar refractivity (Wildman–Crippen MR) is 175 cm³/mol. The molecule has 0 radical (unpaired) electrons. The molecule has 0 saturated heterocycles. The number of hydrogen-bond donors (Lipinski definition) is 2. The average Bonchev–Trinajstić information content (AvgIpc) is 3.09. The fraction of sp³-hybridized carbons (Fsp3) is 0. The highest BCUT2D eigenvalue weighted by Crippen LogP contribution is 2.33. The average molecular weight is 554 g/mol. The molecular weight excluding hydrogens is 526 g/mol. The van der Waals surface area contributed by atoms with Gasteiger partial charge in [-0.1, -0.05) is 133 Å². The lowest BCUT2D eigenvalue weighted by Gasteiger charge is -2.23. The Morgan fingerprint density at radius 2 is 1.02 bits per heavy atom. The van der Waals surface area contributed by atoms with E-state index in [2.05, 4.69) is 35.7 Å². The van der Waals surface area contributed by atoms with Crippen LogP contribution in [0.25, 0.3) is 51.6 Å². The first-order valence-corrected chi connectivity index (χ1v) is 14.1. The Bertz CT molecular complexity index is 1920. The molecule has 7 rings (SSSR count). The Hall–Kier alpha value is -5.94. The number of benzene rings is 5. The molecule has 0 bridgehead atoms. The van der Waals surface area contributed by atoms with Gasteiger partial charge in [-0.3, -0.25) is 0 Å². The lowest BCUT2D eigenvalue weighted by molar-refractivity contribution is 1.07. The van der Waals surface area contributed by atoms with Crippen molar-refractivity contribution in [2.75, 3.05) is 0 Å². The third kappa shape index (κ3) is 5.52. The summed E-state index contributed by atoms with van der Waals surface area (Å²) in [4.78, 5) is 14.7. The van der Waals surface area contributed by atoms with Gasteiger partial charge in [0.25, 0.3) is 0 Å². The van der Waals surface area contributed by atoms with Crippen LogP contribution in [0.15, 0.2) is 146 Å². The number of fused-ring (bicyclic) bond motifs is 1. The number of nitrogens with zero attached hydrogens (tertiary/aromatic N) is 3. The van der Waals surface area contributed by atoms with Crippen molar-refractivity contribution in [3.63, 3.8) is 0 Å². The lowest BCUT2D eigenvalue weighted by Crippen LogP contribution is -2.17. The number of nitrogens with one attached hydrogen (secondary N) is 2. The zero-order valence-corrected chi connectivity index (χ0v) is 23.3. The summed E-state index contributed by atoms with van der Waals surface area (Å²) >= 11 is 0. The second kappa shape index (κ2) is 11.5. The number of aromatic nitrogens is 3. The molecule has 1 aliphatic rings. The van der Waals surface area contributed by atoms with Crippen molar-refractivity contribution in [2.45, 2.75) is 0 Å². The van der Waals surface area contributed by atoms with Crippen LogP contribution in [0.1, 0.15) is 22.3 Å². The van der Waals surface area contributed by atoms with Crippen LogP contribution in [0.2, 0.25) is 0 Å². The molecule has 0 spiro atoms. The van der Waals surface area contributed by atoms with Crippen LogP contribution in [-0.2, 0) is 0 Å². The predicted octanol–water partition coefficient (Wildman–Crippen LogP) is 8.38. The molecule has 5 aromatic carbocycles. The van der Waals surface area contributed by atoms with Gasteiger partial charge >= 0.3 is 0 Å². The normalized spacial score (nSPS) is 13.1. The summed E-state index contributed by atoms with van der Waals surface area (Å²) in [5, 5.41) is 12.4. The first-order valence-electron chi connectivity index (χ1n) is 14.1. The van der Waals surface area contributed by atoms with E-state index >= 15 is 0 Å². The highest BCUT2D eigenvalue weighted by atomic mass is 15.0. The van der Waals surface area contributed by atoms with Crippen LogP contribution in [0.4, 0.5) is 0 Å². The number of rotatable bonds is 6. The quantitative estimate of drug-likeness (QED) is 0.203. The molecule has 2 N–H and O–H groups in total. The first-order chi connectivity index (χ1) is 21.2. The van der Waals surface area contributed by atoms with E-state index < -0.39 is 0 Å². The molecule has 5 nitrogen and oxygen atoms in total. The second-order valence-electron chi connectivity index (χ2n) is 10.2. The van der Waals surface area contributed by atoms with Crippen LogP contribution >= 0.6 is 0 Å². The second-order valence-corrected chi connectivity index (χ2v) is 10.2. The molecule has 43 heavy (non-hydrogen) atoms. The van der Waals surface area contributed by atoms with Crippen molar-refractivity contribution >= 4 is 23.2 Å². The van der Waals surface area contributed by atoms with Crippen molar-refractivity contribution < 1.29 is 0 Å². The largest absolute Gasteiger partial charge is 0.354 e. The van der Waals surface area contributed by atoms with Gasteiger partial charge in [-0.15, -0.1) is 0 Å². The van der Waals surface area contributed by atoms with Gasteiger partial charge in [-0.25, -0.2) is 15.0 Å². The SMILES string of the molecule is N=C(/C=C1\NC(c2ccccc2)=Cc2cc(-c3nc(-c4ccccc4)nc(-c4ccccc4)n3)ccc21)c1ccccc1. The highest BCUT2D eigenvalue weighted by molar-refractivity contribution is 6.11. The Kier molecular flexibility index (Phi) is 6.96. The van der Waals surface area contributed by atoms with Gasteiger partial charge in [0.05, 0.1) is 5.71 Å². The van der Waals surface area contributed by atoms with Gasteiger partial charge in [-0.2, -0.15) is 0 Å². The third-order valence-corrected chi connectivity index (χ3v) is 7.33. The van der Waals surface area contributed by atoms with Gasteiger partial charge in [0, 0.05) is 33.6 Å². The van der Waals surface area contributed by atoms with E-state index in [0.717, 1.165) is 50.3 Å². The van der Waals surface area contributed by atoms with Crippen LogP contribution < -0.4 is 5.32 Å². The van der Waals surface area contributed by atoms with Gasteiger partial charge in [0.1, 0.15) is 0 Å². The molecule has 0 amide bonds. The van der Waals surface area contributed by atoms with Crippen molar-refractivity contribution in [1.29, 1.82) is 5.41 Å². The topological polar surface area (TPSA) is 74.6 Å². The van der Waals surface area contributed by atoms with Gasteiger partial charge in [0.2, 0.25) is 0 Å². The Morgan fingerprint density at radius 3 is 1.58 bits per heavy atom. The molecule has 0 fully saturated rings. The third-order valence-electron chi connectivity index (χ3n) is 7.33.